The highest BCUT2D eigenvalue weighted by Crippen LogP contribution is 2.14. The lowest BCUT2D eigenvalue weighted by Crippen LogP contribution is -2.50. The number of hydrogen-bond donors (Lipinski definition) is 4. The van der Waals surface area contributed by atoms with Crippen molar-refractivity contribution in [3.8, 4) is 0 Å². The fraction of sp³-hybridized carbons (Fsp3) is 0.714. The van der Waals surface area contributed by atoms with Gasteiger partial charge in [-0.15, -0.1) is 0 Å². The molecule has 128 valence electrons. The van der Waals surface area contributed by atoms with Crippen molar-refractivity contribution in [2.75, 3.05) is 39.5 Å². The minimum atomic E-state index is -0.671. The Kier molecular flexibility index (Phi) is 5.44. The molecule has 1 aromatic heterocycles. The SMILES string of the molecule is O=C(NC[C@H]1OC[C@@H](NCc2ncc[nH]2)[C@@H]1O)N1CCOCC1. The van der Waals surface area contributed by atoms with E-state index >= 15 is 0 Å². The van der Waals surface area contributed by atoms with E-state index in [1.54, 1.807) is 17.3 Å². The van der Waals surface area contributed by atoms with Gasteiger partial charge in [0.1, 0.15) is 11.9 Å². The van der Waals surface area contributed by atoms with Gasteiger partial charge < -0.3 is 35.1 Å². The summed E-state index contributed by atoms with van der Waals surface area (Å²) in [6.07, 6.45) is 2.36. The Bertz CT molecular complexity index is 491. The molecule has 1 aromatic rings. The Morgan fingerprint density at radius 3 is 3.04 bits per heavy atom. The maximum atomic E-state index is 12.0. The Balaban J connectivity index is 1.39. The van der Waals surface area contributed by atoms with Gasteiger partial charge in [-0.05, 0) is 0 Å². The largest absolute Gasteiger partial charge is 0.389 e. The number of morpholine rings is 1. The van der Waals surface area contributed by atoms with Gasteiger partial charge in [0, 0.05) is 32.0 Å². The normalized spacial score (nSPS) is 28.0. The van der Waals surface area contributed by atoms with Crippen LogP contribution >= 0.6 is 0 Å². The van der Waals surface area contributed by atoms with Gasteiger partial charge in [0.25, 0.3) is 0 Å². The highest BCUT2D eigenvalue weighted by atomic mass is 16.5. The first-order chi connectivity index (χ1) is 11.2. The Morgan fingerprint density at radius 1 is 1.48 bits per heavy atom. The van der Waals surface area contributed by atoms with Crippen LogP contribution in [0.25, 0.3) is 0 Å². The van der Waals surface area contributed by atoms with Crippen LogP contribution in [-0.2, 0) is 16.0 Å². The molecule has 0 saturated carbocycles. The number of nitrogens with one attached hydrogen (secondary N) is 3. The average Bonchev–Trinajstić information content (AvgIpc) is 3.22. The van der Waals surface area contributed by atoms with E-state index in [1.165, 1.54) is 0 Å². The minimum absolute atomic E-state index is 0.143. The zero-order chi connectivity index (χ0) is 16.1. The van der Waals surface area contributed by atoms with E-state index in [-0.39, 0.29) is 18.6 Å². The molecule has 2 aliphatic heterocycles. The van der Waals surface area contributed by atoms with Crippen molar-refractivity contribution in [2.45, 2.75) is 24.8 Å². The van der Waals surface area contributed by atoms with Gasteiger partial charge in [-0.25, -0.2) is 9.78 Å². The molecule has 3 heterocycles. The smallest absolute Gasteiger partial charge is 0.317 e. The van der Waals surface area contributed by atoms with Crippen LogP contribution in [0.4, 0.5) is 4.79 Å². The standard InChI is InChI=1S/C14H23N5O4/c20-13-10(17-8-12-15-1-2-16-12)9-23-11(13)7-18-14(21)19-3-5-22-6-4-19/h1-2,10-11,13,17,20H,3-9H2,(H,15,16)(H,18,21)/t10-,11-,13+/m1/s1. The Hall–Kier alpha value is -1.68. The zero-order valence-electron chi connectivity index (χ0n) is 12.9. The van der Waals surface area contributed by atoms with Crippen molar-refractivity contribution in [1.29, 1.82) is 0 Å². The van der Waals surface area contributed by atoms with Crippen LogP contribution < -0.4 is 10.6 Å². The number of H-pyrrole nitrogens is 1. The van der Waals surface area contributed by atoms with Gasteiger partial charge in [-0.3, -0.25) is 0 Å². The maximum absolute atomic E-state index is 12.0. The number of carbonyl (C=O) groups is 1. The third-order valence-electron chi connectivity index (χ3n) is 4.12. The van der Waals surface area contributed by atoms with Crippen LogP contribution in [0.5, 0.6) is 0 Å². The number of aliphatic hydroxyl groups is 1. The molecule has 2 saturated heterocycles. The molecule has 0 aliphatic carbocycles. The lowest BCUT2D eigenvalue weighted by molar-refractivity contribution is 0.0360. The monoisotopic (exact) mass is 325 g/mol. The molecule has 9 nitrogen and oxygen atoms in total. The van der Waals surface area contributed by atoms with E-state index in [4.69, 9.17) is 9.47 Å². The van der Waals surface area contributed by atoms with Gasteiger partial charge in [0.15, 0.2) is 0 Å². The van der Waals surface area contributed by atoms with E-state index in [1.807, 2.05) is 0 Å². The van der Waals surface area contributed by atoms with Crippen molar-refractivity contribution in [3.63, 3.8) is 0 Å². The fourth-order valence-electron chi connectivity index (χ4n) is 2.73. The molecular formula is C14H23N5O4. The number of aliphatic hydroxyl groups excluding tert-OH is 1. The van der Waals surface area contributed by atoms with Crippen LogP contribution in [0.3, 0.4) is 0 Å². The summed E-state index contributed by atoms with van der Waals surface area (Å²) < 4.78 is 10.8. The second-order valence-corrected chi connectivity index (χ2v) is 5.67. The summed E-state index contributed by atoms with van der Waals surface area (Å²) in [6, 6.07) is -0.318. The van der Waals surface area contributed by atoms with Gasteiger partial charge in [-0.1, -0.05) is 0 Å². The number of hydrogen-bond acceptors (Lipinski definition) is 6. The lowest BCUT2D eigenvalue weighted by atomic mass is 10.1. The van der Waals surface area contributed by atoms with Crippen molar-refractivity contribution in [3.05, 3.63) is 18.2 Å². The fourth-order valence-corrected chi connectivity index (χ4v) is 2.73. The third kappa shape index (κ3) is 4.20. The van der Waals surface area contributed by atoms with E-state index < -0.39 is 12.2 Å². The van der Waals surface area contributed by atoms with Crippen molar-refractivity contribution >= 4 is 6.03 Å². The number of amides is 2. The van der Waals surface area contributed by atoms with Gasteiger partial charge in [0.2, 0.25) is 0 Å². The highest BCUT2D eigenvalue weighted by molar-refractivity contribution is 5.74. The summed E-state index contributed by atoms with van der Waals surface area (Å²) in [4.78, 5) is 20.8. The predicted molar refractivity (Wildman–Crippen MR) is 80.8 cm³/mol. The number of nitrogens with zero attached hydrogens (tertiary/aromatic N) is 2. The summed E-state index contributed by atoms with van der Waals surface area (Å²) >= 11 is 0. The molecule has 23 heavy (non-hydrogen) atoms. The molecule has 3 atom stereocenters. The lowest BCUT2D eigenvalue weighted by Gasteiger charge is -2.27. The van der Waals surface area contributed by atoms with E-state index in [0.29, 0.717) is 39.5 Å². The first-order valence-electron chi connectivity index (χ1n) is 7.86. The summed E-state index contributed by atoms with van der Waals surface area (Å²) in [6.45, 7) is 3.53. The number of aromatic nitrogens is 2. The molecule has 4 N–H and O–H groups in total. The molecular weight excluding hydrogens is 302 g/mol. The van der Waals surface area contributed by atoms with Crippen LogP contribution in [0.2, 0.25) is 0 Å². The molecule has 2 amide bonds. The van der Waals surface area contributed by atoms with Crippen molar-refractivity contribution < 1.29 is 19.4 Å². The molecule has 2 aliphatic rings. The van der Waals surface area contributed by atoms with Gasteiger partial charge >= 0.3 is 6.03 Å². The minimum Gasteiger partial charge on any atom is -0.389 e. The second kappa shape index (κ2) is 7.73. The van der Waals surface area contributed by atoms with Gasteiger partial charge in [0.05, 0.1) is 38.5 Å². The summed E-state index contributed by atoms with van der Waals surface area (Å²) in [7, 11) is 0. The van der Waals surface area contributed by atoms with Crippen LogP contribution in [0.15, 0.2) is 12.4 Å². The molecule has 0 unspecified atom stereocenters. The van der Waals surface area contributed by atoms with Crippen molar-refractivity contribution in [2.24, 2.45) is 0 Å². The number of aromatic amines is 1. The van der Waals surface area contributed by atoms with Crippen LogP contribution in [0.1, 0.15) is 5.82 Å². The molecule has 3 rings (SSSR count). The number of rotatable bonds is 5. The summed E-state index contributed by atoms with van der Waals surface area (Å²) in [5, 5.41) is 16.3. The van der Waals surface area contributed by atoms with E-state index in [2.05, 4.69) is 20.6 Å². The topological polar surface area (TPSA) is 112 Å². The first-order valence-corrected chi connectivity index (χ1v) is 7.86. The number of urea groups is 1. The quantitative estimate of drug-likeness (QED) is 0.534. The summed E-state index contributed by atoms with van der Waals surface area (Å²) in [5.41, 5.74) is 0. The van der Waals surface area contributed by atoms with Crippen molar-refractivity contribution in [1.82, 2.24) is 25.5 Å². The molecule has 9 heteroatoms. The zero-order valence-corrected chi connectivity index (χ0v) is 12.9. The van der Waals surface area contributed by atoms with Gasteiger partial charge in [-0.2, -0.15) is 0 Å². The molecule has 0 spiro atoms. The van der Waals surface area contributed by atoms with Crippen LogP contribution in [-0.4, -0.2) is 83.7 Å². The molecule has 2 fully saturated rings. The van der Waals surface area contributed by atoms with Crippen LogP contribution in [0, 0.1) is 0 Å². The Labute approximate surface area is 134 Å². The van der Waals surface area contributed by atoms with E-state index in [0.717, 1.165) is 5.82 Å². The highest BCUT2D eigenvalue weighted by Gasteiger charge is 2.36. The number of carbonyl (C=O) groups excluding carboxylic acids is 1. The Morgan fingerprint density at radius 2 is 2.30 bits per heavy atom. The van der Waals surface area contributed by atoms with E-state index in [9.17, 15) is 9.90 Å². The third-order valence-corrected chi connectivity index (χ3v) is 4.12. The number of imidazole rings is 1. The molecule has 0 radical (unpaired) electrons. The molecule has 0 aromatic carbocycles. The average molecular weight is 325 g/mol. The second-order valence-electron chi connectivity index (χ2n) is 5.67. The predicted octanol–water partition coefficient (Wildman–Crippen LogP) is -1.33. The first kappa shape index (κ1) is 16.2. The maximum Gasteiger partial charge on any atom is 0.317 e. The summed E-state index contributed by atoms with van der Waals surface area (Å²) in [5.74, 6) is 0.807. The molecule has 0 bridgehead atoms. The number of ether oxygens (including phenoxy) is 2.